The van der Waals surface area contributed by atoms with Crippen LogP contribution in [0.5, 0.6) is 5.75 Å². The number of nitrogens with zero attached hydrogens (tertiary/aromatic N) is 1. The fourth-order valence-electron chi connectivity index (χ4n) is 2.45. The van der Waals surface area contributed by atoms with Crippen molar-refractivity contribution in [1.82, 2.24) is 4.90 Å². The standard InChI is InChI=1S/C20H27NO/c1-21(2)16-8-3-4-9-17-22-20-14-12-19(13-15-20)18-10-6-5-7-11-18/h5-7,10-15H,3-4,8-9,16-17H2,1-2H3. The molecule has 2 aromatic carbocycles. The highest BCUT2D eigenvalue weighted by Gasteiger charge is 1.98. The van der Waals surface area contributed by atoms with Crippen LogP contribution in [-0.4, -0.2) is 32.1 Å². The molecule has 0 bridgehead atoms. The molecule has 0 saturated heterocycles. The van der Waals surface area contributed by atoms with Crippen LogP contribution in [0.1, 0.15) is 25.7 Å². The number of ether oxygens (including phenoxy) is 1. The van der Waals surface area contributed by atoms with Crippen LogP contribution >= 0.6 is 0 Å². The fraction of sp³-hybridized carbons (Fsp3) is 0.400. The minimum Gasteiger partial charge on any atom is -0.494 e. The average molecular weight is 297 g/mol. The molecule has 2 rings (SSSR count). The van der Waals surface area contributed by atoms with Gasteiger partial charge in [0.05, 0.1) is 6.61 Å². The second kappa shape index (κ2) is 9.26. The maximum Gasteiger partial charge on any atom is 0.119 e. The van der Waals surface area contributed by atoms with Crippen LogP contribution in [0.25, 0.3) is 11.1 Å². The third-order valence-electron chi connectivity index (χ3n) is 3.73. The van der Waals surface area contributed by atoms with Crippen molar-refractivity contribution in [1.29, 1.82) is 0 Å². The van der Waals surface area contributed by atoms with Crippen LogP contribution < -0.4 is 4.74 Å². The van der Waals surface area contributed by atoms with Gasteiger partial charge in [-0.05, 0) is 56.7 Å². The molecule has 0 amide bonds. The molecule has 0 radical (unpaired) electrons. The Bertz CT molecular complexity index is 519. The Morgan fingerprint density at radius 2 is 1.36 bits per heavy atom. The van der Waals surface area contributed by atoms with Gasteiger partial charge in [-0.15, -0.1) is 0 Å². The minimum atomic E-state index is 0.812. The predicted octanol–water partition coefficient (Wildman–Crippen LogP) is 4.85. The van der Waals surface area contributed by atoms with Gasteiger partial charge in [-0.1, -0.05) is 55.3 Å². The topological polar surface area (TPSA) is 12.5 Å². The van der Waals surface area contributed by atoms with Crippen molar-refractivity contribution in [2.75, 3.05) is 27.2 Å². The number of rotatable bonds is 9. The smallest absolute Gasteiger partial charge is 0.119 e. The van der Waals surface area contributed by atoms with Gasteiger partial charge in [0.1, 0.15) is 5.75 Å². The molecule has 0 aliphatic rings. The summed E-state index contributed by atoms with van der Waals surface area (Å²) < 4.78 is 5.81. The first-order valence-corrected chi connectivity index (χ1v) is 8.19. The first-order valence-electron chi connectivity index (χ1n) is 8.19. The number of hydrogen-bond acceptors (Lipinski definition) is 2. The zero-order valence-corrected chi connectivity index (χ0v) is 13.8. The van der Waals surface area contributed by atoms with E-state index in [2.05, 4.69) is 67.5 Å². The maximum atomic E-state index is 5.81. The monoisotopic (exact) mass is 297 g/mol. The van der Waals surface area contributed by atoms with Gasteiger partial charge < -0.3 is 9.64 Å². The molecule has 0 saturated carbocycles. The third kappa shape index (κ3) is 5.90. The highest BCUT2D eigenvalue weighted by molar-refractivity contribution is 5.63. The van der Waals surface area contributed by atoms with Crippen molar-refractivity contribution in [2.45, 2.75) is 25.7 Å². The summed E-state index contributed by atoms with van der Waals surface area (Å²) in [5.74, 6) is 0.966. The van der Waals surface area contributed by atoms with Crippen molar-refractivity contribution >= 4 is 0 Å². The summed E-state index contributed by atoms with van der Waals surface area (Å²) in [5, 5.41) is 0. The highest BCUT2D eigenvalue weighted by atomic mass is 16.5. The first kappa shape index (κ1) is 16.6. The van der Waals surface area contributed by atoms with Gasteiger partial charge in [0, 0.05) is 0 Å². The number of unbranched alkanes of at least 4 members (excludes halogenated alkanes) is 3. The van der Waals surface area contributed by atoms with Crippen molar-refractivity contribution in [3.05, 3.63) is 54.6 Å². The fourth-order valence-corrected chi connectivity index (χ4v) is 2.45. The Morgan fingerprint density at radius 3 is 2.05 bits per heavy atom. The van der Waals surface area contributed by atoms with Crippen LogP contribution in [0, 0.1) is 0 Å². The van der Waals surface area contributed by atoms with E-state index in [9.17, 15) is 0 Å². The Labute approximate surface area is 134 Å². The molecule has 118 valence electrons. The molecule has 2 heteroatoms. The Kier molecular flexibility index (Phi) is 6.98. The summed E-state index contributed by atoms with van der Waals surface area (Å²) in [7, 11) is 4.25. The molecule has 0 N–H and O–H groups in total. The SMILES string of the molecule is CN(C)CCCCCCOc1ccc(-c2ccccc2)cc1. The summed E-state index contributed by atoms with van der Waals surface area (Å²) in [6.07, 6.45) is 4.94. The summed E-state index contributed by atoms with van der Waals surface area (Å²) in [4.78, 5) is 2.24. The average Bonchev–Trinajstić information content (AvgIpc) is 2.55. The summed E-state index contributed by atoms with van der Waals surface area (Å²) in [6.45, 7) is 1.99. The molecular formula is C20H27NO. The van der Waals surface area contributed by atoms with E-state index in [1.807, 2.05) is 6.07 Å². The Hall–Kier alpha value is -1.80. The van der Waals surface area contributed by atoms with Gasteiger partial charge in [-0.25, -0.2) is 0 Å². The van der Waals surface area contributed by atoms with E-state index >= 15 is 0 Å². The van der Waals surface area contributed by atoms with Gasteiger partial charge in [0.15, 0.2) is 0 Å². The van der Waals surface area contributed by atoms with Crippen LogP contribution in [0.4, 0.5) is 0 Å². The van der Waals surface area contributed by atoms with Crippen LogP contribution in [0.2, 0.25) is 0 Å². The zero-order chi connectivity index (χ0) is 15.6. The second-order valence-corrected chi connectivity index (χ2v) is 5.96. The lowest BCUT2D eigenvalue weighted by molar-refractivity contribution is 0.302. The van der Waals surface area contributed by atoms with E-state index in [0.29, 0.717) is 0 Å². The Morgan fingerprint density at radius 1 is 0.727 bits per heavy atom. The molecule has 0 atom stereocenters. The number of benzene rings is 2. The number of hydrogen-bond donors (Lipinski definition) is 0. The molecule has 0 unspecified atom stereocenters. The second-order valence-electron chi connectivity index (χ2n) is 5.96. The van der Waals surface area contributed by atoms with E-state index in [4.69, 9.17) is 4.74 Å². The van der Waals surface area contributed by atoms with E-state index in [1.165, 1.54) is 36.9 Å². The van der Waals surface area contributed by atoms with Crippen LogP contribution in [-0.2, 0) is 0 Å². The molecule has 0 fully saturated rings. The lowest BCUT2D eigenvalue weighted by Gasteiger charge is -2.09. The maximum absolute atomic E-state index is 5.81. The zero-order valence-electron chi connectivity index (χ0n) is 13.8. The first-order chi connectivity index (χ1) is 10.8. The van der Waals surface area contributed by atoms with E-state index in [1.54, 1.807) is 0 Å². The predicted molar refractivity (Wildman–Crippen MR) is 94.4 cm³/mol. The van der Waals surface area contributed by atoms with Gasteiger partial charge in [-0.3, -0.25) is 0 Å². The summed E-state index contributed by atoms with van der Waals surface area (Å²) in [6, 6.07) is 18.8. The van der Waals surface area contributed by atoms with Crippen molar-refractivity contribution < 1.29 is 4.74 Å². The Balaban J connectivity index is 1.67. The minimum absolute atomic E-state index is 0.812. The summed E-state index contributed by atoms with van der Waals surface area (Å²) in [5.41, 5.74) is 2.48. The van der Waals surface area contributed by atoms with Gasteiger partial charge in [0.2, 0.25) is 0 Å². The largest absolute Gasteiger partial charge is 0.494 e. The van der Waals surface area contributed by atoms with Crippen LogP contribution in [0.15, 0.2) is 54.6 Å². The molecule has 0 spiro atoms. The normalized spacial score (nSPS) is 10.9. The quantitative estimate of drug-likeness (QED) is 0.613. The van der Waals surface area contributed by atoms with E-state index in [-0.39, 0.29) is 0 Å². The third-order valence-corrected chi connectivity index (χ3v) is 3.73. The van der Waals surface area contributed by atoms with Crippen LogP contribution in [0.3, 0.4) is 0 Å². The van der Waals surface area contributed by atoms with E-state index < -0.39 is 0 Å². The molecule has 0 aliphatic heterocycles. The van der Waals surface area contributed by atoms with Crippen molar-refractivity contribution in [3.63, 3.8) is 0 Å². The van der Waals surface area contributed by atoms with E-state index in [0.717, 1.165) is 18.8 Å². The van der Waals surface area contributed by atoms with Gasteiger partial charge in [-0.2, -0.15) is 0 Å². The molecule has 22 heavy (non-hydrogen) atoms. The molecule has 2 nitrogen and oxygen atoms in total. The summed E-state index contributed by atoms with van der Waals surface area (Å²) >= 11 is 0. The van der Waals surface area contributed by atoms with Crippen molar-refractivity contribution in [3.8, 4) is 16.9 Å². The van der Waals surface area contributed by atoms with Crippen molar-refractivity contribution in [2.24, 2.45) is 0 Å². The lowest BCUT2D eigenvalue weighted by Crippen LogP contribution is -2.12. The van der Waals surface area contributed by atoms with Gasteiger partial charge in [0.25, 0.3) is 0 Å². The lowest BCUT2D eigenvalue weighted by atomic mass is 10.1. The molecule has 2 aromatic rings. The molecule has 0 aliphatic carbocycles. The molecular weight excluding hydrogens is 270 g/mol. The highest BCUT2D eigenvalue weighted by Crippen LogP contribution is 2.22. The molecule has 0 heterocycles. The van der Waals surface area contributed by atoms with Gasteiger partial charge >= 0.3 is 0 Å². The molecule has 0 aromatic heterocycles.